The first-order valence-electron chi connectivity index (χ1n) is 49.6. The second-order valence-corrected chi connectivity index (χ2v) is 42.4. The average Bonchev–Trinajstić information content (AvgIpc) is 1.51. The topological polar surface area (TPSA) is 225 Å². The van der Waals surface area contributed by atoms with Crippen LogP contribution in [0.3, 0.4) is 0 Å². The van der Waals surface area contributed by atoms with Crippen molar-refractivity contribution in [1.29, 1.82) is 0 Å². The van der Waals surface area contributed by atoms with E-state index in [4.69, 9.17) is 34.6 Å². The molecule has 0 saturated heterocycles. The SMILES string of the molecule is Cc1cnc2c(c1)C=Cc1cccnc1N2c1ccccc1C.Cc1cnc2c(c1)CCc1cccnc1N2c1ccccc1C.Cc1cnc2c(c1)Cc1cccnc1N2c1c(C)cc(C(C)(C)C)cc1C.Cc1cnc2c(c1)N=Nc1cccnc1N2c1ccccc1C.Cc1cnc2c(c1)OC(=O)c1cccnc1N2c1ccccc1C.Cc1cnc2c(c1)[Se]c1cccnc1N2c1c(C)cc(C(C)(C)C)cc1C. The van der Waals surface area contributed by atoms with E-state index in [9.17, 15) is 4.79 Å². The molecule has 6 aliphatic rings. The zero-order valence-corrected chi connectivity index (χ0v) is 88.5. The third kappa shape index (κ3) is 20.7. The van der Waals surface area contributed by atoms with Crippen LogP contribution in [0.1, 0.15) is 174 Å². The molecule has 0 unspecified atom stereocenters. The predicted molar refractivity (Wildman–Crippen MR) is 597 cm³/mol. The number of nitrogens with zero attached hydrogens (tertiary/aromatic N) is 20. The van der Waals surface area contributed by atoms with E-state index in [1.807, 2.05) is 171 Å². The van der Waals surface area contributed by atoms with Gasteiger partial charge in [-0.15, -0.1) is 10.2 Å². The Kier molecular flexibility index (Phi) is 28.2. The van der Waals surface area contributed by atoms with Crippen LogP contribution in [0.5, 0.6) is 5.75 Å². The summed E-state index contributed by atoms with van der Waals surface area (Å²) in [5.74, 6) is 10.4. The molecule has 18 heterocycles. The molecule has 6 aliphatic heterocycles. The molecule has 23 heteroatoms. The number of hydrogen-bond acceptors (Lipinski definition) is 22. The van der Waals surface area contributed by atoms with Crippen LogP contribution in [0.2, 0.25) is 0 Å². The Morgan fingerprint density at radius 1 is 0.272 bits per heavy atom. The fraction of sp³-hybridized carbons (Fsp3) is 0.202. The molecule has 24 rings (SSSR count). The van der Waals surface area contributed by atoms with E-state index >= 15 is 0 Å². The molecule has 0 saturated carbocycles. The monoisotopic (exact) mass is 2000 g/mol. The first kappa shape index (κ1) is 99.0. The molecule has 18 aromatic rings. The van der Waals surface area contributed by atoms with Crippen molar-refractivity contribution in [1.82, 2.24) is 59.8 Å². The molecular weight excluding hydrogens is 1880 g/mol. The number of aryl methyl sites for hydroxylation is 16. The van der Waals surface area contributed by atoms with Crippen LogP contribution < -0.4 is 43.1 Å². The van der Waals surface area contributed by atoms with Gasteiger partial charge in [0.1, 0.15) is 51.8 Å². The summed E-state index contributed by atoms with van der Waals surface area (Å²) in [6.45, 7) is 43.0. The molecule has 0 atom stereocenters. The first-order chi connectivity index (χ1) is 70.9. The van der Waals surface area contributed by atoms with Crippen LogP contribution in [0.15, 0.2) is 315 Å². The average molecular weight is 2000 g/mol. The Morgan fingerprint density at radius 2 is 0.633 bits per heavy atom. The molecule has 732 valence electrons. The van der Waals surface area contributed by atoms with Gasteiger partial charge in [0.2, 0.25) is 0 Å². The minimum absolute atomic E-state index is 0.124. The summed E-state index contributed by atoms with van der Waals surface area (Å²) >= 11 is 0.224. The van der Waals surface area contributed by atoms with Crippen molar-refractivity contribution in [2.45, 2.75) is 169 Å². The number of anilines is 18. The number of benzene rings is 6. The normalized spacial score (nSPS) is 13.0. The number of pyridine rings is 12. The number of carbonyl (C=O) groups is 1. The summed E-state index contributed by atoms with van der Waals surface area (Å²) in [5.41, 5.74) is 35.1. The molecule has 0 bridgehead atoms. The van der Waals surface area contributed by atoms with Gasteiger partial charge in [0.15, 0.2) is 29.0 Å². The van der Waals surface area contributed by atoms with E-state index in [1.54, 1.807) is 30.7 Å². The van der Waals surface area contributed by atoms with Crippen molar-refractivity contribution in [3.8, 4) is 5.75 Å². The first-order valence-corrected chi connectivity index (χ1v) is 51.3. The zero-order chi connectivity index (χ0) is 103. The zero-order valence-electron chi connectivity index (χ0n) is 86.8. The summed E-state index contributed by atoms with van der Waals surface area (Å²) < 4.78 is 8.20. The van der Waals surface area contributed by atoms with Crippen molar-refractivity contribution in [3.63, 3.8) is 0 Å². The van der Waals surface area contributed by atoms with Crippen molar-refractivity contribution in [3.05, 3.63) is 433 Å². The van der Waals surface area contributed by atoms with Gasteiger partial charge in [0, 0.05) is 85.1 Å². The predicted octanol–water partition coefficient (Wildman–Crippen LogP) is 29.3. The van der Waals surface area contributed by atoms with Crippen LogP contribution in [-0.4, -0.2) is 80.7 Å². The van der Waals surface area contributed by atoms with Gasteiger partial charge in [-0.25, -0.2) is 54.6 Å². The molecule has 147 heavy (non-hydrogen) atoms. The van der Waals surface area contributed by atoms with Gasteiger partial charge >= 0.3 is 174 Å². The molecule has 0 aliphatic carbocycles. The fourth-order valence-corrected chi connectivity index (χ4v) is 21.5. The van der Waals surface area contributed by atoms with Crippen LogP contribution >= 0.6 is 0 Å². The van der Waals surface area contributed by atoms with Gasteiger partial charge in [-0.2, -0.15) is 0 Å². The number of fused-ring (bicyclic) bond motifs is 12. The van der Waals surface area contributed by atoms with Gasteiger partial charge in [-0.05, 0) is 269 Å². The van der Waals surface area contributed by atoms with Crippen molar-refractivity contribution < 1.29 is 9.53 Å². The number of hydrogen-bond donors (Lipinski definition) is 0. The summed E-state index contributed by atoms with van der Waals surface area (Å²) in [5, 5.41) is 8.73. The van der Waals surface area contributed by atoms with Crippen LogP contribution in [0.25, 0.3) is 12.2 Å². The molecule has 0 amide bonds. The van der Waals surface area contributed by atoms with Gasteiger partial charge < -0.3 is 4.74 Å². The molecule has 22 nitrogen and oxygen atoms in total. The molecule has 0 spiro atoms. The number of azo groups is 1. The third-order valence-corrected chi connectivity index (χ3v) is 28.7. The third-order valence-electron chi connectivity index (χ3n) is 26.5. The molecule has 0 fully saturated rings. The van der Waals surface area contributed by atoms with Gasteiger partial charge in [-0.1, -0.05) is 142 Å². The molecule has 12 aromatic heterocycles. The molecular formula is C124H118N20O2Se. The molecule has 0 radical (unpaired) electrons. The van der Waals surface area contributed by atoms with Gasteiger partial charge in [-0.3, -0.25) is 24.5 Å². The maximum atomic E-state index is 12.5. The van der Waals surface area contributed by atoms with Crippen LogP contribution in [-0.2, 0) is 30.1 Å². The number of esters is 1. The summed E-state index contributed by atoms with van der Waals surface area (Å²) in [6, 6.07) is 78.8. The Morgan fingerprint density at radius 3 is 1.20 bits per heavy atom. The van der Waals surface area contributed by atoms with E-state index in [-0.39, 0.29) is 25.8 Å². The Balaban J connectivity index is 0.000000111. The van der Waals surface area contributed by atoms with E-state index in [1.165, 1.54) is 104 Å². The van der Waals surface area contributed by atoms with E-state index < -0.39 is 5.97 Å². The van der Waals surface area contributed by atoms with Gasteiger partial charge in [0.25, 0.3) is 0 Å². The quantitative estimate of drug-likeness (QED) is 0.111. The number of rotatable bonds is 6. The van der Waals surface area contributed by atoms with E-state index in [2.05, 4.69) is 323 Å². The van der Waals surface area contributed by atoms with E-state index in [0.717, 1.165) is 151 Å². The summed E-state index contributed by atoms with van der Waals surface area (Å²) in [6.07, 6.45) is 29.3. The Hall–Kier alpha value is -16.8. The fourth-order valence-electron chi connectivity index (χ4n) is 19.2. The van der Waals surface area contributed by atoms with Crippen LogP contribution in [0, 0.1) is 96.9 Å². The van der Waals surface area contributed by atoms with Crippen LogP contribution in [0.4, 0.5) is 115 Å². The molecule has 0 N–H and O–H groups in total. The Labute approximate surface area is 867 Å². The standard InChI is InChI=1S/C24H27N3.C23H25N3Se.C20H19N3.C20H17N3.C19H15N3O2.C18H15N5/c1-15-10-19-13-18-8-7-9-25-22(18)27(23(19)26-14-15)21-16(2)11-20(12-17(21)3)24(4,5)6;1-14-10-19-22(25-13-14)26(21-18(27-19)8-7-9-24-21)20-15(2)11-17(12-16(20)3)23(4,5)6;2*1-14-12-17-10-9-16-7-5-11-21-19(16)23(20(17)22-13-14)18-8-4-3-6-15(18)2;1-12-10-16-18(21-11-12)22(15-8-4-3-6-13(15)2)17-14(19(23)24-16)7-5-9-20-17;1-12-10-15-18(20-11-12)23(16-8-4-3-6-13(16)2)17-14(21-22-15)7-5-9-19-17/h7-12,14H,13H2,1-6H3;7-13H,1-6H3;3-8,11-13H,9-10H2,1-2H3;3-13H,1-2H3;3-11H,1-2H3;3-11H,1-2H3. The summed E-state index contributed by atoms with van der Waals surface area (Å²) in [7, 11) is 0. The van der Waals surface area contributed by atoms with E-state index in [0.29, 0.717) is 22.9 Å². The number of ether oxygens (including phenoxy) is 1. The Bertz CT molecular complexity index is 7740. The second kappa shape index (κ2) is 41.9. The summed E-state index contributed by atoms with van der Waals surface area (Å²) in [4.78, 5) is 81.3. The maximum absolute atomic E-state index is 12.5. The number of aromatic nitrogens is 12. The van der Waals surface area contributed by atoms with Crippen molar-refractivity contribution in [2.24, 2.45) is 10.2 Å². The van der Waals surface area contributed by atoms with Crippen molar-refractivity contribution >= 4 is 157 Å². The van der Waals surface area contributed by atoms with Crippen molar-refractivity contribution in [2.75, 3.05) is 29.4 Å². The van der Waals surface area contributed by atoms with Gasteiger partial charge in [0.05, 0.1) is 28.4 Å². The minimum atomic E-state index is -0.428. The number of para-hydroxylation sites is 4. The second-order valence-electron chi connectivity index (χ2n) is 40.2. The molecule has 6 aromatic carbocycles. The number of carbonyl (C=O) groups excluding carboxylic acids is 1.